The zero-order chi connectivity index (χ0) is 14.7. The average molecular weight is 267 g/mol. The molecule has 0 aromatic carbocycles. The number of aromatic nitrogens is 2. The fraction of sp³-hybridized carbons (Fsp3) is 0.800. The van der Waals surface area contributed by atoms with Crippen molar-refractivity contribution in [1.82, 2.24) is 14.9 Å². The maximum atomic E-state index is 5.48. The molecule has 0 unspecified atom stereocenters. The Labute approximate surface area is 117 Å². The Balaban J connectivity index is 2.70. The molecule has 0 bridgehead atoms. The van der Waals surface area contributed by atoms with Crippen molar-refractivity contribution in [3.8, 4) is 0 Å². The first kappa shape index (κ1) is 16.2. The monoisotopic (exact) mass is 267 g/mol. The lowest BCUT2D eigenvalue weighted by atomic mass is 10.1. The largest absolute Gasteiger partial charge is 0.379 e. The molecular weight excluding hydrogens is 238 g/mol. The molecule has 0 aliphatic rings. The summed E-state index contributed by atoms with van der Waals surface area (Å²) in [5.74, 6) is 1.07. The Hall–Kier alpha value is -0.870. The van der Waals surface area contributed by atoms with Gasteiger partial charge in [0, 0.05) is 31.9 Å². The molecule has 0 saturated heterocycles. The molecule has 0 atom stereocenters. The molecule has 0 spiro atoms. The lowest BCUT2D eigenvalue weighted by molar-refractivity contribution is 0.0118. The number of aryl methyl sites for hydroxylation is 1. The molecule has 0 aliphatic carbocycles. The summed E-state index contributed by atoms with van der Waals surface area (Å²) < 4.78 is 7.76. The van der Waals surface area contributed by atoms with E-state index in [9.17, 15) is 0 Å². The van der Waals surface area contributed by atoms with Crippen molar-refractivity contribution in [3.63, 3.8) is 0 Å². The first-order valence-corrected chi connectivity index (χ1v) is 6.96. The maximum Gasteiger partial charge on any atom is 0.105 e. The SMILES string of the molecule is COC(C)(C)CCn1c(CNC(C)(C)C)cnc1C. The average Bonchev–Trinajstić information content (AvgIpc) is 2.64. The van der Waals surface area contributed by atoms with E-state index < -0.39 is 0 Å². The van der Waals surface area contributed by atoms with Gasteiger partial charge in [-0.1, -0.05) is 0 Å². The van der Waals surface area contributed by atoms with Gasteiger partial charge in [-0.3, -0.25) is 0 Å². The molecular formula is C15H29N3O. The second kappa shape index (κ2) is 6.06. The number of hydrogen-bond acceptors (Lipinski definition) is 3. The Morgan fingerprint density at radius 2 is 1.89 bits per heavy atom. The minimum Gasteiger partial charge on any atom is -0.379 e. The number of hydrogen-bond donors (Lipinski definition) is 1. The van der Waals surface area contributed by atoms with Gasteiger partial charge in [0.05, 0.1) is 11.3 Å². The molecule has 110 valence electrons. The van der Waals surface area contributed by atoms with Crippen LogP contribution in [0.25, 0.3) is 0 Å². The van der Waals surface area contributed by atoms with Gasteiger partial charge in [-0.15, -0.1) is 0 Å². The van der Waals surface area contributed by atoms with Crippen LogP contribution in [0.15, 0.2) is 6.20 Å². The summed E-state index contributed by atoms with van der Waals surface area (Å²) in [6.07, 6.45) is 2.94. The summed E-state index contributed by atoms with van der Waals surface area (Å²) >= 11 is 0. The van der Waals surface area contributed by atoms with Crippen LogP contribution in [-0.2, 0) is 17.8 Å². The van der Waals surface area contributed by atoms with Gasteiger partial charge < -0.3 is 14.6 Å². The van der Waals surface area contributed by atoms with Crippen LogP contribution in [0.5, 0.6) is 0 Å². The molecule has 1 aromatic rings. The molecule has 0 saturated carbocycles. The van der Waals surface area contributed by atoms with Gasteiger partial charge in [0.1, 0.15) is 5.82 Å². The number of imidazole rings is 1. The first-order valence-electron chi connectivity index (χ1n) is 6.96. The minimum absolute atomic E-state index is 0.0918. The van der Waals surface area contributed by atoms with E-state index in [1.165, 1.54) is 5.69 Å². The van der Waals surface area contributed by atoms with Gasteiger partial charge in [0.2, 0.25) is 0 Å². The predicted molar refractivity (Wildman–Crippen MR) is 79.3 cm³/mol. The van der Waals surface area contributed by atoms with E-state index in [0.29, 0.717) is 0 Å². The molecule has 4 nitrogen and oxygen atoms in total. The second-order valence-corrected chi connectivity index (χ2v) is 6.77. The number of rotatable bonds is 6. The summed E-state index contributed by atoms with van der Waals surface area (Å²) in [6.45, 7) is 14.6. The Morgan fingerprint density at radius 3 is 2.42 bits per heavy atom. The molecule has 1 rings (SSSR count). The van der Waals surface area contributed by atoms with Crippen LogP contribution in [0.2, 0.25) is 0 Å². The van der Waals surface area contributed by atoms with E-state index in [1.54, 1.807) is 7.11 Å². The van der Waals surface area contributed by atoms with Crippen LogP contribution in [0, 0.1) is 6.92 Å². The highest BCUT2D eigenvalue weighted by Gasteiger charge is 2.18. The fourth-order valence-electron chi connectivity index (χ4n) is 1.80. The van der Waals surface area contributed by atoms with Crippen molar-refractivity contribution in [2.45, 2.75) is 72.2 Å². The van der Waals surface area contributed by atoms with Crippen molar-refractivity contribution in [3.05, 3.63) is 17.7 Å². The van der Waals surface area contributed by atoms with Crippen molar-refractivity contribution in [2.75, 3.05) is 7.11 Å². The van der Waals surface area contributed by atoms with Crippen LogP contribution >= 0.6 is 0 Å². The van der Waals surface area contributed by atoms with Crippen molar-refractivity contribution in [1.29, 1.82) is 0 Å². The third-order valence-corrected chi connectivity index (χ3v) is 3.43. The molecule has 19 heavy (non-hydrogen) atoms. The molecule has 0 fully saturated rings. The van der Waals surface area contributed by atoms with Crippen molar-refractivity contribution < 1.29 is 4.74 Å². The summed E-state index contributed by atoms with van der Waals surface area (Å²) in [7, 11) is 1.77. The minimum atomic E-state index is -0.0918. The number of nitrogens with one attached hydrogen (secondary N) is 1. The summed E-state index contributed by atoms with van der Waals surface area (Å²) in [5, 5.41) is 3.51. The van der Waals surface area contributed by atoms with E-state index in [1.807, 2.05) is 6.20 Å². The maximum absolute atomic E-state index is 5.48. The van der Waals surface area contributed by atoms with Crippen LogP contribution in [-0.4, -0.2) is 27.8 Å². The van der Waals surface area contributed by atoms with Crippen LogP contribution in [0.4, 0.5) is 0 Å². The highest BCUT2D eigenvalue weighted by atomic mass is 16.5. The third-order valence-electron chi connectivity index (χ3n) is 3.43. The Kier molecular flexibility index (Phi) is 5.16. The quantitative estimate of drug-likeness (QED) is 0.861. The van der Waals surface area contributed by atoms with Crippen LogP contribution in [0.1, 0.15) is 52.6 Å². The van der Waals surface area contributed by atoms with E-state index in [-0.39, 0.29) is 11.1 Å². The summed E-state index contributed by atoms with van der Waals surface area (Å²) in [6, 6.07) is 0. The molecule has 4 heteroatoms. The number of ether oxygens (including phenoxy) is 1. The highest BCUT2D eigenvalue weighted by molar-refractivity contribution is 5.05. The molecule has 1 N–H and O–H groups in total. The van der Waals surface area contributed by atoms with Gasteiger partial charge in [0.25, 0.3) is 0 Å². The highest BCUT2D eigenvalue weighted by Crippen LogP contribution is 2.16. The van der Waals surface area contributed by atoms with Gasteiger partial charge in [-0.2, -0.15) is 0 Å². The van der Waals surface area contributed by atoms with Gasteiger partial charge >= 0.3 is 0 Å². The number of methoxy groups -OCH3 is 1. The van der Waals surface area contributed by atoms with E-state index in [2.05, 4.69) is 56.4 Å². The predicted octanol–water partition coefficient (Wildman–Crippen LogP) is 2.89. The smallest absolute Gasteiger partial charge is 0.105 e. The van der Waals surface area contributed by atoms with Crippen molar-refractivity contribution in [2.24, 2.45) is 0 Å². The molecule has 0 aliphatic heterocycles. The summed E-state index contributed by atoms with van der Waals surface area (Å²) in [4.78, 5) is 4.43. The molecule has 1 heterocycles. The van der Waals surface area contributed by atoms with Gasteiger partial charge in [0.15, 0.2) is 0 Å². The zero-order valence-corrected chi connectivity index (χ0v) is 13.5. The fourth-order valence-corrected chi connectivity index (χ4v) is 1.80. The van der Waals surface area contributed by atoms with E-state index >= 15 is 0 Å². The zero-order valence-electron chi connectivity index (χ0n) is 13.5. The molecule has 1 aromatic heterocycles. The first-order chi connectivity index (χ1) is 8.64. The summed E-state index contributed by atoms with van der Waals surface area (Å²) in [5.41, 5.74) is 1.26. The van der Waals surface area contributed by atoms with Crippen LogP contribution < -0.4 is 5.32 Å². The van der Waals surface area contributed by atoms with Gasteiger partial charge in [-0.05, 0) is 48.0 Å². The van der Waals surface area contributed by atoms with Crippen LogP contribution in [0.3, 0.4) is 0 Å². The Bertz CT molecular complexity index is 402. The number of nitrogens with zero attached hydrogens (tertiary/aromatic N) is 2. The lowest BCUT2D eigenvalue weighted by Crippen LogP contribution is -2.36. The lowest BCUT2D eigenvalue weighted by Gasteiger charge is -2.25. The third kappa shape index (κ3) is 5.33. The molecule has 0 amide bonds. The van der Waals surface area contributed by atoms with E-state index in [0.717, 1.165) is 25.3 Å². The second-order valence-electron chi connectivity index (χ2n) is 6.77. The standard InChI is InChI=1S/C15H29N3O/c1-12-16-10-13(11-17-14(2,3)4)18(12)9-8-15(5,6)19-7/h10,17H,8-9,11H2,1-7H3. The van der Waals surface area contributed by atoms with Crippen molar-refractivity contribution >= 4 is 0 Å². The normalized spacial score (nSPS) is 13.0. The van der Waals surface area contributed by atoms with E-state index in [4.69, 9.17) is 4.74 Å². The Morgan fingerprint density at radius 1 is 1.26 bits per heavy atom. The molecule has 0 radical (unpaired) electrons. The van der Waals surface area contributed by atoms with Gasteiger partial charge in [-0.25, -0.2) is 4.98 Å². The topological polar surface area (TPSA) is 39.1 Å².